The van der Waals surface area contributed by atoms with Crippen LogP contribution in [0.15, 0.2) is 18.2 Å². The maximum absolute atomic E-state index is 13.2. The lowest BCUT2D eigenvalue weighted by Gasteiger charge is -2.32. The fourth-order valence-electron chi connectivity index (χ4n) is 2.43. The number of nitrogens with zero attached hydrogens (tertiary/aromatic N) is 3. The molecule has 20 heavy (non-hydrogen) atoms. The van der Waals surface area contributed by atoms with Crippen LogP contribution in [0.1, 0.15) is 12.0 Å². The van der Waals surface area contributed by atoms with Crippen LogP contribution in [0.25, 0.3) is 0 Å². The molecule has 1 aromatic carbocycles. The molecule has 1 heterocycles. The van der Waals surface area contributed by atoms with E-state index in [9.17, 15) is 14.5 Å². The molecule has 0 saturated carbocycles. The topological polar surface area (TPSA) is 49.6 Å². The molecule has 0 spiro atoms. The van der Waals surface area contributed by atoms with Crippen LogP contribution in [-0.2, 0) is 6.42 Å². The van der Waals surface area contributed by atoms with Gasteiger partial charge in [-0.25, -0.2) is 0 Å². The van der Waals surface area contributed by atoms with Crippen molar-refractivity contribution in [2.45, 2.75) is 12.8 Å². The molecular weight excluding hydrogens is 261 g/mol. The molecule has 0 aromatic heterocycles. The zero-order valence-corrected chi connectivity index (χ0v) is 11.7. The number of aryl methyl sites for hydroxylation is 1. The fourth-order valence-corrected chi connectivity index (χ4v) is 2.43. The number of halogens is 1. The monoisotopic (exact) mass is 281 g/mol. The summed E-state index contributed by atoms with van der Waals surface area (Å²) in [6, 6.07) is 4.16. The number of rotatable bonds is 5. The van der Waals surface area contributed by atoms with E-state index in [2.05, 4.69) is 16.8 Å². The Balaban J connectivity index is 1.82. The lowest BCUT2D eigenvalue weighted by atomic mass is 10.1. The highest BCUT2D eigenvalue weighted by Crippen LogP contribution is 2.19. The van der Waals surface area contributed by atoms with Gasteiger partial charge in [0.1, 0.15) is 0 Å². The predicted molar refractivity (Wildman–Crippen MR) is 75.3 cm³/mol. The lowest BCUT2D eigenvalue weighted by Crippen LogP contribution is -2.44. The summed E-state index contributed by atoms with van der Waals surface area (Å²) in [5.74, 6) is -0.766. The third-order valence-electron chi connectivity index (χ3n) is 3.74. The van der Waals surface area contributed by atoms with Crippen molar-refractivity contribution in [3.63, 3.8) is 0 Å². The second kappa shape index (κ2) is 6.76. The second-order valence-electron chi connectivity index (χ2n) is 5.29. The number of hydrogen-bond donors (Lipinski definition) is 0. The first-order chi connectivity index (χ1) is 9.56. The number of hydrogen-bond acceptors (Lipinski definition) is 4. The van der Waals surface area contributed by atoms with Crippen LogP contribution in [0.2, 0.25) is 0 Å². The smallest absolute Gasteiger partial charge is 0.304 e. The maximum atomic E-state index is 13.2. The van der Waals surface area contributed by atoms with E-state index in [1.54, 1.807) is 6.07 Å². The van der Waals surface area contributed by atoms with Crippen molar-refractivity contribution >= 4 is 5.69 Å². The third kappa shape index (κ3) is 3.98. The lowest BCUT2D eigenvalue weighted by molar-refractivity contribution is -0.387. The number of piperazine rings is 1. The molecule has 0 aliphatic carbocycles. The first kappa shape index (κ1) is 14.9. The Hall–Kier alpha value is -1.53. The Kier molecular flexibility index (Phi) is 5.03. The van der Waals surface area contributed by atoms with Crippen molar-refractivity contribution in [3.05, 3.63) is 39.7 Å². The molecular formula is C14H20FN3O2. The van der Waals surface area contributed by atoms with Gasteiger partial charge in [0, 0.05) is 32.2 Å². The van der Waals surface area contributed by atoms with E-state index >= 15 is 0 Å². The Bertz CT molecular complexity index is 473. The molecule has 6 heteroatoms. The van der Waals surface area contributed by atoms with Crippen LogP contribution in [-0.4, -0.2) is 54.5 Å². The van der Waals surface area contributed by atoms with Gasteiger partial charge in [0.2, 0.25) is 5.82 Å². The first-order valence-corrected chi connectivity index (χ1v) is 6.90. The SMILES string of the molecule is CN1CCN(CCCc2ccc(F)c([N+](=O)[O-])c2)CC1. The summed E-state index contributed by atoms with van der Waals surface area (Å²) in [5, 5.41) is 10.7. The second-order valence-corrected chi connectivity index (χ2v) is 5.29. The van der Waals surface area contributed by atoms with Crippen molar-refractivity contribution in [3.8, 4) is 0 Å². The highest BCUT2D eigenvalue weighted by Gasteiger charge is 2.15. The van der Waals surface area contributed by atoms with Gasteiger partial charge in [-0.1, -0.05) is 6.07 Å². The highest BCUT2D eigenvalue weighted by molar-refractivity contribution is 5.36. The van der Waals surface area contributed by atoms with Crippen molar-refractivity contribution in [2.75, 3.05) is 39.8 Å². The van der Waals surface area contributed by atoms with Crippen LogP contribution in [0, 0.1) is 15.9 Å². The van der Waals surface area contributed by atoms with E-state index < -0.39 is 16.4 Å². The van der Waals surface area contributed by atoms with Crippen molar-refractivity contribution in [1.82, 2.24) is 9.80 Å². The molecule has 0 bridgehead atoms. The molecule has 1 aromatic rings. The number of likely N-dealkylation sites (N-methyl/N-ethyl adjacent to an activating group) is 1. The van der Waals surface area contributed by atoms with Gasteiger partial charge in [0.05, 0.1) is 4.92 Å². The van der Waals surface area contributed by atoms with Crippen LogP contribution >= 0.6 is 0 Å². The summed E-state index contributed by atoms with van der Waals surface area (Å²) in [4.78, 5) is 14.7. The molecule has 0 radical (unpaired) electrons. The summed E-state index contributed by atoms with van der Waals surface area (Å²) in [6.07, 6.45) is 1.68. The average Bonchev–Trinajstić information content (AvgIpc) is 2.42. The van der Waals surface area contributed by atoms with E-state index in [0.29, 0.717) is 0 Å². The van der Waals surface area contributed by atoms with Gasteiger partial charge in [-0.3, -0.25) is 10.1 Å². The Morgan fingerprint density at radius 1 is 1.30 bits per heavy atom. The Labute approximate surface area is 118 Å². The van der Waals surface area contributed by atoms with Gasteiger partial charge in [-0.2, -0.15) is 4.39 Å². The van der Waals surface area contributed by atoms with E-state index in [-0.39, 0.29) is 0 Å². The minimum Gasteiger partial charge on any atom is -0.304 e. The van der Waals surface area contributed by atoms with E-state index in [1.807, 2.05) is 0 Å². The van der Waals surface area contributed by atoms with Crippen molar-refractivity contribution < 1.29 is 9.31 Å². The average molecular weight is 281 g/mol. The first-order valence-electron chi connectivity index (χ1n) is 6.90. The molecule has 1 aliphatic heterocycles. The number of benzene rings is 1. The Morgan fingerprint density at radius 3 is 2.65 bits per heavy atom. The van der Waals surface area contributed by atoms with Gasteiger partial charge >= 0.3 is 5.69 Å². The summed E-state index contributed by atoms with van der Waals surface area (Å²) in [7, 11) is 2.12. The summed E-state index contributed by atoms with van der Waals surface area (Å²) in [5.41, 5.74) is 0.398. The van der Waals surface area contributed by atoms with E-state index in [4.69, 9.17) is 0 Å². The molecule has 0 unspecified atom stereocenters. The largest absolute Gasteiger partial charge is 0.305 e. The third-order valence-corrected chi connectivity index (χ3v) is 3.74. The standard InChI is InChI=1S/C14H20FN3O2/c1-16-7-9-17(10-8-16)6-2-3-12-4-5-13(15)14(11-12)18(19)20/h4-5,11H,2-3,6-10H2,1H3. The van der Waals surface area contributed by atoms with Gasteiger partial charge in [-0.05, 0) is 38.1 Å². The highest BCUT2D eigenvalue weighted by atomic mass is 19.1. The van der Waals surface area contributed by atoms with Crippen molar-refractivity contribution in [1.29, 1.82) is 0 Å². The van der Waals surface area contributed by atoms with Gasteiger partial charge in [0.15, 0.2) is 0 Å². The zero-order chi connectivity index (χ0) is 14.5. The van der Waals surface area contributed by atoms with Gasteiger partial charge < -0.3 is 9.80 Å². The minimum atomic E-state index is -0.766. The Morgan fingerprint density at radius 2 is 2.00 bits per heavy atom. The van der Waals surface area contributed by atoms with E-state index in [0.717, 1.165) is 51.1 Å². The quantitative estimate of drug-likeness (QED) is 0.611. The molecule has 0 amide bonds. The molecule has 1 aliphatic rings. The van der Waals surface area contributed by atoms with Gasteiger partial charge in [-0.15, -0.1) is 0 Å². The van der Waals surface area contributed by atoms with Crippen molar-refractivity contribution in [2.24, 2.45) is 0 Å². The number of nitro groups is 1. The van der Waals surface area contributed by atoms with Crippen LogP contribution < -0.4 is 0 Å². The summed E-state index contributed by atoms with van der Waals surface area (Å²) in [6.45, 7) is 5.29. The van der Waals surface area contributed by atoms with Gasteiger partial charge in [0.25, 0.3) is 0 Å². The molecule has 2 rings (SSSR count). The van der Waals surface area contributed by atoms with Crippen LogP contribution in [0.5, 0.6) is 0 Å². The summed E-state index contributed by atoms with van der Waals surface area (Å²) < 4.78 is 13.2. The zero-order valence-electron chi connectivity index (χ0n) is 11.7. The molecule has 0 atom stereocenters. The summed E-state index contributed by atoms with van der Waals surface area (Å²) >= 11 is 0. The fraction of sp³-hybridized carbons (Fsp3) is 0.571. The van der Waals surface area contributed by atoms with Crippen LogP contribution in [0.3, 0.4) is 0 Å². The normalized spacial score (nSPS) is 17.3. The molecule has 1 saturated heterocycles. The number of nitro benzene ring substituents is 1. The van der Waals surface area contributed by atoms with Crippen LogP contribution in [0.4, 0.5) is 10.1 Å². The molecule has 5 nitrogen and oxygen atoms in total. The molecule has 110 valence electrons. The van der Waals surface area contributed by atoms with E-state index in [1.165, 1.54) is 12.1 Å². The molecule has 1 fully saturated rings. The predicted octanol–water partition coefficient (Wildman–Crippen LogP) is 1.91. The maximum Gasteiger partial charge on any atom is 0.305 e. The molecule has 0 N–H and O–H groups in total. The minimum absolute atomic E-state index is 0.429.